The van der Waals surface area contributed by atoms with Crippen LogP contribution in [0, 0.1) is 11.7 Å². The van der Waals surface area contributed by atoms with Gasteiger partial charge in [-0.3, -0.25) is 0 Å². The Balaban J connectivity index is 1.78. The minimum absolute atomic E-state index is 0.227. The maximum absolute atomic E-state index is 13.9. The molecular weight excluding hydrogens is 372 g/mol. The van der Waals surface area contributed by atoms with E-state index in [9.17, 15) is 4.39 Å². The van der Waals surface area contributed by atoms with Crippen molar-refractivity contribution in [2.45, 2.75) is 18.2 Å². The number of nitrogens with one attached hydrogen (secondary N) is 2. The van der Waals surface area contributed by atoms with Gasteiger partial charge in [0.25, 0.3) is 0 Å². The van der Waals surface area contributed by atoms with Gasteiger partial charge >= 0.3 is 0 Å². The van der Waals surface area contributed by atoms with Crippen molar-refractivity contribution in [3.63, 3.8) is 0 Å². The Morgan fingerprint density at radius 1 is 1.23 bits per heavy atom. The molecule has 1 saturated carbocycles. The average molecular weight is 392 g/mol. The van der Waals surface area contributed by atoms with Crippen LogP contribution in [-0.4, -0.2) is 4.87 Å². The molecule has 0 spiro atoms. The van der Waals surface area contributed by atoms with Crippen molar-refractivity contribution in [2.24, 2.45) is 5.92 Å². The van der Waals surface area contributed by atoms with E-state index in [-0.39, 0.29) is 16.5 Å². The quantitative estimate of drug-likeness (QED) is 0.412. The van der Waals surface area contributed by atoms with E-state index in [2.05, 4.69) is 23.8 Å². The maximum atomic E-state index is 13.9. The predicted molar refractivity (Wildman–Crippen MR) is 110 cm³/mol. The fourth-order valence-corrected chi connectivity index (χ4v) is 3.32. The molecule has 1 aliphatic rings. The van der Waals surface area contributed by atoms with Crippen molar-refractivity contribution >= 4 is 46.0 Å². The Hall–Kier alpha value is -2.17. The van der Waals surface area contributed by atoms with Gasteiger partial charge in [-0.1, -0.05) is 24.8 Å². The van der Waals surface area contributed by atoms with Gasteiger partial charge in [0, 0.05) is 34.3 Å². The van der Waals surface area contributed by atoms with Crippen LogP contribution < -0.4 is 16.4 Å². The van der Waals surface area contributed by atoms with E-state index in [1.54, 1.807) is 6.07 Å². The van der Waals surface area contributed by atoms with Gasteiger partial charge in [0.1, 0.15) is 5.82 Å². The van der Waals surface area contributed by atoms with E-state index in [1.807, 2.05) is 19.1 Å². The van der Waals surface area contributed by atoms with Crippen LogP contribution in [-0.2, 0) is 0 Å². The average Bonchev–Trinajstić information content (AvgIpc) is 3.21. The lowest BCUT2D eigenvalue weighted by molar-refractivity contribution is 0.632. The summed E-state index contributed by atoms with van der Waals surface area (Å²) >= 11 is 12.6. The summed E-state index contributed by atoms with van der Waals surface area (Å²) in [7, 11) is 0. The first-order valence-corrected chi connectivity index (χ1v) is 8.88. The number of hydrogen-bond donors (Lipinski definition) is 3. The van der Waals surface area contributed by atoms with Gasteiger partial charge < -0.3 is 16.4 Å². The number of allylic oxidation sites excluding steroid dienone is 1. The largest absolute Gasteiger partial charge is 0.399 e. The van der Waals surface area contributed by atoms with Gasteiger partial charge in [-0.25, -0.2) is 4.39 Å². The third-order valence-corrected chi connectivity index (χ3v) is 5.21. The van der Waals surface area contributed by atoms with Crippen LogP contribution in [0.2, 0.25) is 5.02 Å². The van der Waals surface area contributed by atoms with Crippen LogP contribution in [0.25, 0.3) is 5.70 Å². The number of nitrogen functional groups attached to an aromatic ring is 1. The predicted octanol–water partition coefficient (Wildman–Crippen LogP) is 6.09. The minimum Gasteiger partial charge on any atom is -0.399 e. The van der Waals surface area contributed by atoms with Crippen LogP contribution in [0.15, 0.2) is 55.3 Å². The molecule has 1 fully saturated rings. The first-order valence-electron chi connectivity index (χ1n) is 8.13. The molecule has 0 aromatic heterocycles. The molecule has 0 heterocycles. The Bertz CT molecular complexity index is 893. The lowest BCUT2D eigenvalue weighted by atomic mass is 10.1. The molecule has 0 bridgehead atoms. The first-order chi connectivity index (χ1) is 12.2. The highest BCUT2D eigenvalue weighted by Crippen LogP contribution is 2.52. The normalized spacial score (nSPS) is 21.2. The van der Waals surface area contributed by atoms with Crippen LogP contribution in [0.1, 0.15) is 18.9 Å². The van der Waals surface area contributed by atoms with Crippen LogP contribution >= 0.6 is 23.2 Å². The number of anilines is 3. The molecule has 2 aromatic rings. The Labute approximate surface area is 162 Å². The Morgan fingerprint density at radius 3 is 2.58 bits per heavy atom. The molecule has 2 aromatic carbocycles. The first kappa shape index (κ1) is 18.6. The molecule has 4 N–H and O–H groups in total. The summed E-state index contributed by atoms with van der Waals surface area (Å²) < 4.78 is 13.9. The zero-order chi connectivity index (χ0) is 19.1. The summed E-state index contributed by atoms with van der Waals surface area (Å²) in [6, 6.07) is 9.73. The molecule has 0 amide bonds. The van der Waals surface area contributed by atoms with E-state index in [0.717, 1.165) is 17.8 Å². The summed E-state index contributed by atoms with van der Waals surface area (Å²) in [5.41, 5.74) is 9.18. The number of benzene rings is 2. The highest BCUT2D eigenvalue weighted by atomic mass is 35.5. The molecule has 0 aliphatic heterocycles. The second-order valence-electron chi connectivity index (χ2n) is 6.72. The fourth-order valence-electron chi connectivity index (χ4n) is 2.80. The molecule has 1 aliphatic carbocycles. The molecule has 2 unspecified atom stereocenters. The fraction of sp³-hybridized carbons (Fsp3) is 0.200. The van der Waals surface area contributed by atoms with Gasteiger partial charge in [0.05, 0.1) is 15.6 Å². The van der Waals surface area contributed by atoms with E-state index in [0.29, 0.717) is 22.0 Å². The molecule has 0 saturated heterocycles. The Morgan fingerprint density at radius 2 is 1.92 bits per heavy atom. The summed E-state index contributed by atoms with van der Waals surface area (Å²) in [6.07, 6.45) is 0.893. The summed E-state index contributed by atoms with van der Waals surface area (Å²) in [4.78, 5) is -0.227. The number of alkyl halides is 1. The van der Waals surface area contributed by atoms with Crippen molar-refractivity contribution in [1.82, 2.24) is 0 Å². The monoisotopic (exact) mass is 391 g/mol. The van der Waals surface area contributed by atoms with Crippen molar-refractivity contribution in [3.05, 3.63) is 71.7 Å². The Kier molecular flexibility index (Phi) is 4.91. The zero-order valence-corrected chi connectivity index (χ0v) is 15.9. The smallest absolute Gasteiger partial charge is 0.146 e. The van der Waals surface area contributed by atoms with Gasteiger partial charge in [0.2, 0.25) is 0 Å². The summed E-state index contributed by atoms with van der Waals surface area (Å²) in [5, 5.41) is 6.69. The standard InChI is InChI=1S/C20H20Cl2FN3/c1-11(26-19-8-13(24)4-7-18(19)23)15-9-14(5-6-17(15)21)25-12(2)16-10-20(16,3)22/h4-9,16,25-26H,1-2,10,24H2,3H3. The van der Waals surface area contributed by atoms with E-state index in [1.165, 1.54) is 18.2 Å². The third kappa shape index (κ3) is 3.97. The van der Waals surface area contributed by atoms with Crippen molar-refractivity contribution in [1.29, 1.82) is 0 Å². The van der Waals surface area contributed by atoms with Gasteiger partial charge in [-0.2, -0.15) is 0 Å². The number of halogens is 3. The molecule has 136 valence electrons. The third-order valence-electron chi connectivity index (χ3n) is 4.46. The molecular formula is C20H20Cl2FN3. The molecule has 3 rings (SSSR count). The van der Waals surface area contributed by atoms with Gasteiger partial charge in [-0.15, -0.1) is 11.6 Å². The lowest BCUT2D eigenvalue weighted by Crippen LogP contribution is -2.06. The zero-order valence-electron chi connectivity index (χ0n) is 14.4. The number of nitrogens with two attached hydrogens (primary N) is 1. The minimum atomic E-state index is -0.422. The second kappa shape index (κ2) is 6.86. The highest BCUT2D eigenvalue weighted by Gasteiger charge is 2.50. The van der Waals surface area contributed by atoms with Crippen molar-refractivity contribution in [3.8, 4) is 0 Å². The van der Waals surface area contributed by atoms with Gasteiger partial charge in [0.15, 0.2) is 0 Å². The molecule has 3 nitrogen and oxygen atoms in total. The lowest BCUT2D eigenvalue weighted by Gasteiger charge is -2.16. The molecule has 6 heteroatoms. The molecule has 26 heavy (non-hydrogen) atoms. The number of hydrogen-bond acceptors (Lipinski definition) is 3. The van der Waals surface area contributed by atoms with Crippen LogP contribution in [0.5, 0.6) is 0 Å². The van der Waals surface area contributed by atoms with Crippen molar-refractivity contribution in [2.75, 3.05) is 16.4 Å². The molecule has 2 atom stereocenters. The molecule has 0 radical (unpaired) electrons. The van der Waals surface area contributed by atoms with Crippen molar-refractivity contribution < 1.29 is 4.39 Å². The topological polar surface area (TPSA) is 50.1 Å². The number of rotatable bonds is 6. The van der Waals surface area contributed by atoms with Crippen LogP contribution in [0.3, 0.4) is 0 Å². The summed E-state index contributed by atoms with van der Waals surface area (Å²) in [5.74, 6) is -0.194. The van der Waals surface area contributed by atoms with Gasteiger partial charge in [-0.05, 0) is 49.7 Å². The van der Waals surface area contributed by atoms with E-state index < -0.39 is 5.82 Å². The van der Waals surface area contributed by atoms with E-state index >= 15 is 0 Å². The van der Waals surface area contributed by atoms with Crippen LogP contribution in [0.4, 0.5) is 21.5 Å². The maximum Gasteiger partial charge on any atom is 0.146 e. The SMILES string of the molecule is C=C(Nc1cc(N)ccc1F)c1cc(NC(=C)C2CC2(C)Cl)ccc1Cl. The highest BCUT2D eigenvalue weighted by molar-refractivity contribution is 6.32. The second-order valence-corrected chi connectivity index (χ2v) is 7.99. The summed E-state index contributed by atoms with van der Waals surface area (Å²) in [6.45, 7) is 10.0. The van der Waals surface area contributed by atoms with E-state index in [4.69, 9.17) is 28.9 Å².